The highest BCUT2D eigenvalue weighted by atomic mass is 15.1. The average Bonchev–Trinajstić information content (AvgIpc) is 3.71. The van der Waals surface area contributed by atoms with Crippen molar-refractivity contribution in [1.82, 2.24) is 19.1 Å². The normalized spacial score (nSPS) is 13.0. The van der Waals surface area contributed by atoms with Crippen molar-refractivity contribution < 1.29 is 0 Å². The van der Waals surface area contributed by atoms with Crippen LogP contribution in [-0.4, -0.2) is 19.1 Å². The number of fused-ring (bicyclic) bond motifs is 11. The van der Waals surface area contributed by atoms with Gasteiger partial charge in [0.05, 0.1) is 33.5 Å². The van der Waals surface area contributed by atoms with E-state index in [0.29, 0.717) is 0 Å². The number of nitrogens with zero attached hydrogens (tertiary/aromatic N) is 4. The van der Waals surface area contributed by atoms with Gasteiger partial charge in [0, 0.05) is 32.8 Å². The molecule has 0 fully saturated rings. The molecule has 4 heteroatoms. The number of para-hydroxylation sites is 2. The van der Waals surface area contributed by atoms with Crippen molar-refractivity contribution in [3.05, 3.63) is 163 Å². The summed E-state index contributed by atoms with van der Waals surface area (Å²) in [4.78, 5) is 11.0. The molecule has 0 radical (unpaired) electrons. The van der Waals surface area contributed by atoms with Crippen LogP contribution in [0.4, 0.5) is 0 Å². The summed E-state index contributed by atoms with van der Waals surface area (Å²) in [6, 6.07) is 52.6. The van der Waals surface area contributed by atoms with E-state index >= 15 is 0 Å². The van der Waals surface area contributed by atoms with Gasteiger partial charge in [-0.15, -0.1) is 0 Å². The second-order valence-corrected chi connectivity index (χ2v) is 13.3. The molecule has 0 aliphatic heterocycles. The maximum Gasteiger partial charge on any atom is 0.164 e. The van der Waals surface area contributed by atoms with Gasteiger partial charge in [0.2, 0.25) is 0 Å². The van der Waals surface area contributed by atoms with Crippen LogP contribution in [0.5, 0.6) is 0 Å². The second-order valence-electron chi connectivity index (χ2n) is 13.3. The van der Waals surface area contributed by atoms with Gasteiger partial charge < -0.3 is 4.57 Å². The Morgan fingerprint density at radius 3 is 1.86 bits per heavy atom. The van der Waals surface area contributed by atoms with Crippen molar-refractivity contribution >= 4 is 71.2 Å². The number of rotatable bonds is 3. The van der Waals surface area contributed by atoms with E-state index in [1.54, 1.807) is 0 Å². The molecule has 4 nitrogen and oxygen atoms in total. The first-order valence-electron chi connectivity index (χ1n) is 17.3. The van der Waals surface area contributed by atoms with E-state index in [2.05, 4.69) is 167 Å². The van der Waals surface area contributed by atoms with E-state index in [4.69, 9.17) is 9.97 Å². The Bertz CT molecular complexity index is 2940. The van der Waals surface area contributed by atoms with Gasteiger partial charge in [-0.3, -0.25) is 4.57 Å². The van der Waals surface area contributed by atoms with Gasteiger partial charge in [-0.1, -0.05) is 115 Å². The van der Waals surface area contributed by atoms with E-state index in [0.717, 1.165) is 63.5 Å². The summed E-state index contributed by atoms with van der Waals surface area (Å²) in [7, 11) is 0. The van der Waals surface area contributed by atoms with Crippen molar-refractivity contribution in [3.63, 3.8) is 0 Å². The molecule has 0 N–H and O–H groups in total. The summed E-state index contributed by atoms with van der Waals surface area (Å²) in [6.45, 7) is 0. The highest BCUT2D eigenvalue weighted by Gasteiger charge is 2.24. The van der Waals surface area contributed by atoms with Gasteiger partial charge in [-0.2, -0.15) is 0 Å². The summed E-state index contributed by atoms with van der Waals surface area (Å²) in [6.07, 6.45) is 6.20. The van der Waals surface area contributed by atoms with Gasteiger partial charge in [0.15, 0.2) is 5.82 Å². The zero-order valence-electron chi connectivity index (χ0n) is 27.2. The van der Waals surface area contributed by atoms with Gasteiger partial charge in [0.25, 0.3) is 0 Å². The molecule has 11 rings (SSSR count). The quantitative estimate of drug-likeness (QED) is 0.193. The van der Waals surface area contributed by atoms with E-state index in [9.17, 15) is 0 Å². The number of aryl methyl sites for hydroxylation is 1. The Morgan fingerprint density at radius 2 is 1.12 bits per heavy atom. The van der Waals surface area contributed by atoms with Crippen LogP contribution in [0.1, 0.15) is 17.8 Å². The molecular formula is C46H30N4. The van der Waals surface area contributed by atoms with E-state index in [-0.39, 0.29) is 0 Å². The molecule has 0 unspecified atom stereocenters. The van der Waals surface area contributed by atoms with Crippen LogP contribution >= 0.6 is 0 Å². The molecule has 3 aromatic heterocycles. The molecule has 0 atom stereocenters. The largest absolute Gasteiger partial charge is 0.309 e. The number of hydrogen-bond acceptors (Lipinski definition) is 2. The Kier molecular flexibility index (Phi) is 5.75. The lowest BCUT2D eigenvalue weighted by Gasteiger charge is -2.18. The Labute approximate surface area is 288 Å². The highest BCUT2D eigenvalue weighted by Crippen LogP contribution is 2.43. The van der Waals surface area contributed by atoms with Gasteiger partial charge in [0.1, 0.15) is 5.69 Å². The SMILES string of the molecule is C1=Cc2nc(-c3ccc4c5ccccc5n(-c5ccccc5)c4c3)c(-n3c4ccc5ccccc5c4c4c5ccccc5ccc43)nc2CC1. The number of allylic oxidation sites excluding steroid dienone is 1. The smallest absolute Gasteiger partial charge is 0.164 e. The van der Waals surface area contributed by atoms with Crippen molar-refractivity contribution in [2.45, 2.75) is 12.8 Å². The standard InChI is InChI=1S/C46H30N4/c1-2-14-32(15-3-1)49-39-21-11-8-18-35(39)36-25-22-31(28-42(36)49)45-46(48-38-20-10-9-19-37(38)47-45)50-40-26-23-29-12-4-6-16-33(29)43(40)44-34-17-7-5-13-30(34)24-27-41(44)50/h1-9,11-19,21-28H,10,20H2. The summed E-state index contributed by atoms with van der Waals surface area (Å²) < 4.78 is 4.75. The van der Waals surface area contributed by atoms with E-state index in [1.165, 1.54) is 48.6 Å². The van der Waals surface area contributed by atoms with Crippen LogP contribution in [0, 0.1) is 0 Å². The van der Waals surface area contributed by atoms with Gasteiger partial charge in [-0.25, -0.2) is 9.97 Å². The molecule has 0 amide bonds. The summed E-state index contributed by atoms with van der Waals surface area (Å²) in [5.41, 5.74) is 9.66. The zero-order chi connectivity index (χ0) is 32.8. The van der Waals surface area contributed by atoms with Crippen molar-refractivity contribution in [2.75, 3.05) is 0 Å². The Balaban J connectivity index is 1.28. The molecular weight excluding hydrogens is 609 g/mol. The fourth-order valence-corrected chi connectivity index (χ4v) is 8.30. The number of aromatic nitrogens is 4. The Hall–Kier alpha value is -6.52. The first-order valence-corrected chi connectivity index (χ1v) is 17.3. The van der Waals surface area contributed by atoms with Crippen molar-refractivity contribution in [2.24, 2.45) is 0 Å². The average molecular weight is 639 g/mol. The van der Waals surface area contributed by atoms with Gasteiger partial charge in [-0.05, 0) is 76.9 Å². The van der Waals surface area contributed by atoms with Gasteiger partial charge >= 0.3 is 0 Å². The molecule has 1 aliphatic carbocycles. The second kappa shape index (κ2) is 10.5. The first kappa shape index (κ1) is 27.4. The number of benzene rings is 7. The molecule has 3 heterocycles. The van der Waals surface area contributed by atoms with Crippen LogP contribution in [0.3, 0.4) is 0 Å². The topological polar surface area (TPSA) is 35.6 Å². The predicted molar refractivity (Wildman–Crippen MR) is 209 cm³/mol. The Morgan fingerprint density at radius 1 is 0.480 bits per heavy atom. The minimum absolute atomic E-state index is 0.867. The summed E-state index contributed by atoms with van der Waals surface area (Å²) >= 11 is 0. The van der Waals surface area contributed by atoms with Crippen molar-refractivity contribution in [1.29, 1.82) is 0 Å². The molecule has 50 heavy (non-hydrogen) atoms. The van der Waals surface area contributed by atoms with E-state index < -0.39 is 0 Å². The maximum absolute atomic E-state index is 5.54. The lowest BCUT2D eigenvalue weighted by molar-refractivity contribution is 0.883. The molecule has 0 saturated carbocycles. The van der Waals surface area contributed by atoms with E-state index in [1.807, 2.05) is 0 Å². The number of hydrogen-bond donors (Lipinski definition) is 0. The predicted octanol–water partition coefficient (Wildman–Crippen LogP) is 11.6. The van der Waals surface area contributed by atoms with Crippen LogP contribution < -0.4 is 0 Å². The van der Waals surface area contributed by atoms with Crippen LogP contribution in [0.25, 0.3) is 94.0 Å². The summed E-state index contributed by atoms with van der Waals surface area (Å²) in [5.74, 6) is 0.867. The lowest BCUT2D eigenvalue weighted by Crippen LogP contribution is -2.10. The third kappa shape index (κ3) is 3.87. The minimum atomic E-state index is 0.867. The van der Waals surface area contributed by atoms with Crippen LogP contribution in [0.15, 0.2) is 152 Å². The molecule has 0 bridgehead atoms. The fraction of sp³-hybridized carbons (Fsp3) is 0.0435. The fourth-order valence-electron chi connectivity index (χ4n) is 8.30. The lowest BCUT2D eigenvalue weighted by atomic mass is 10.00. The molecule has 10 aromatic rings. The first-order chi connectivity index (χ1) is 24.8. The molecule has 7 aromatic carbocycles. The summed E-state index contributed by atoms with van der Waals surface area (Å²) in [5, 5.41) is 9.90. The zero-order valence-corrected chi connectivity index (χ0v) is 27.2. The molecule has 0 spiro atoms. The van der Waals surface area contributed by atoms with Crippen molar-refractivity contribution in [3.8, 4) is 22.8 Å². The molecule has 1 aliphatic rings. The molecule has 0 saturated heterocycles. The molecule has 234 valence electrons. The minimum Gasteiger partial charge on any atom is -0.309 e. The monoisotopic (exact) mass is 638 g/mol. The highest BCUT2D eigenvalue weighted by molar-refractivity contribution is 6.28. The van der Waals surface area contributed by atoms with Crippen LogP contribution in [0.2, 0.25) is 0 Å². The third-order valence-corrected chi connectivity index (χ3v) is 10.5. The maximum atomic E-state index is 5.54. The van der Waals surface area contributed by atoms with Crippen LogP contribution in [-0.2, 0) is 6.42 Å². The third-order valence-electron chi connectivity index (χ3n) is 10.5.